The van der Waals surface area contributed by atoms with Crippen molar-refractivity contribution in [2.24, 2.45) is 0 Å². The van der Waals surface area contributed by atoms with Crippen molar-refractivity contribution in [3.8, 4) is 22.6 Å². The van der Waals surface area contributed by atoms with Crippen LogP contribution >= 0.6 is 23.2 Å². The second kappa shape index (κ2) is 8.72. The van der Waals surface area contributed by atoms with Gasteiger partial charge in [-0.15, -0.1) is 0 Å². The van der Waals surface area contributed by atoms with Crippen molar-refractivity contribution in [3.05, 3.63) is 46.3 Å². The van der Waals surface area contributed by atoms with Crippen molar-refractivity contribution in [3.63, 3.8) is 0 Å². The first kappa shape index (κ1) is 20.7. The average Bonchev–Trinajstić information content (AvgIpc) is 3.40. The van der Waals surface area contributed by atoms with Crippen LogP contribution in [0.5, 0.6) is 0 Å². The largest absolute Gasteiger partial charge is 0.365 e. The highest BCUT2D eigenvalue weighted by Gasteiger charge is 2.29. The fourth-order valence-corrected chi connectivity index (χ4v) is 4.10. The lowest BCUT2D eigenvalue weighted by molar-refractivity contribution is 0.0249. The molecule has 3 aromatic rings. The van der Waals surface area contributed by atoms with E-state index in [1.54, 1.807) is 18.3 Å². The van der Waals surface area contributed by atoms with Gasteiger partial charge in [-0.25, -0.2) is 15.0 Å². The maximum atomic E-state index is 9.84. The fourth-order valence-electron chi connectivity index (χ4n) is 3.72. The number of aliphatic hydroxyl groups is 1. The lowest BCUT2D eigenvalue weighted by Gasteiger charge is -2.19. The van der Waals surface area contributed by atoms with Crippen molar-refractivity contribution >= 4 is 29.2 Å². The number of aliphatic hydroxyl groups excluding tert-OH is 1. The number of benzene rings is 1. The highest BCUT2D eigenvalue weighted by atomic mass is 35.5. The number of halogens is 2. The minimum atomic E-state index is -0.593. The number of rotatable bonds is 7. The van der Waals surface area contributed by atoms with Gasteiger partial charge in [-0.05, 0) is 37.1 Å². The van der Waals surface area contributed by atoms with Gasteiger partial charge in [0.1, 0.15) is 5.82 Å². The Bertz CT molecular complexity index is 1090. The van der Waals surface area contributed by atoms with Crippen molar-refractivity contribution in [2.75, 3.05) is 31.5 Å². The maximum Gasteiger partial charge on any atom is 0.223 e. The van der Waals surface area contributed by atoms with Gasteiger partial charge in [0.15, 0.2) is 6.35 Å². The van der Waals surface area contributed by atoms with Gasteiger partial charge >= 0.3 is 0 Å². The zero-order chi connectivity index (χ0) is 21.4. The molecule has 1 atom stereocenters. The van der Waals surface area contributed by atoms with Crippen LogP contribution in [0.3, 0.4) is 0 Å². The number of H-pyrrole nitrogens is 1. The minimum Gasteiger partial charge on any atom is -0.365 e. The molecule has 8 nitrogen and oxygen atoms in total. The molecule has 31 heavy (non-hydrogen) atoms. The molecule has 2 aliphatic rings. The number of anilines is 1. The smallest absolute Gasteiger partial charge is 0.223 e. The quantitative estimate of drug-likeness (QED) is 0.429. The summed E-state index contributed by atoms with van der Waals surface area (Å²) in [6.07, 6.45) is 3.38. The van der Waals surface area contributed by atoms with E-state index in [4.69, 9.17) is 33.2 Å². The third kappa shape index (κ3) is 4.53. The predicted octanol–water partition coefficient (Wildman–Crippen LogP) is 3.31. The van der Waals surface area contributed by atoms with E-state index >= 15 is 0 Å². The topological polar surface area (TPSA) is 102 Å². The number of aromatic nitrogens is 4. The Hall–Kier alpha value is -2.23. The fraction of sp³-hybridized carbons (Fsp3) is 0.381. The lowest BCUT2D eigenvalue weighted by atomic mass is 10.1. The van der Waals surface area contributed by atoms with Crippen LogP contribution in [0.25, 0.3) is 22.6 Å². The molecule has 1 saturated heterocycles. The maximum absolute atomic E-state index is 9.84. The number of nitrogens with zero attached hydrogens (tertiary/aromatic N) is 4. The van der Waals surface area contributed by atoms with E-state index in [0.29, 0.717) is 35.0 Å². The Labute approximate surface area is 190 Å². The van der Waals surface area contributed by atoms with E-state index in [2.05, 4.69) is 20.6 Å². The number of hydrogen-bond donors (Lipinski definition) is 4. The Morgan fingerprint density at radius 1 is 1.19 bits per heavy atom. The molecule has 0 spiro atoms. The number of imidazole rings is 1. The first-order valence-electron chi connectivity index (χ1n) is 10.4. The Kier molecular flexibility index (Phi) is 5.81. The molecule has 0 bridgehead atoms. The Morgan fingerprint density at radius 2 is 2.06 bits per heavy atom. The highest BCUT2D eigenvalue weighted by Crippen LogP contribution is 2.42. The number of hydrogen-bond acceptors (Lipinski definition) is 7. The van der Waals surface area contributed by atoms with Gasteiger partial charge in [-0.1, -0.05) is 23.2 Å². The molecule has 2 fully saturated rings. The van der Waals surface area contributed by atoms with Gasteiger partial charge in [-0.3, -0.25) is 10.2 Å². The van der Waals surface area contributed by atoms with Gasteiger partial charge in [0, 0.05) is 48.9 Å². The van der Waals surface area contributed by atoms with Crippen molar-refractivity contribution < 1.29 is 5.11 Å². The SMILES string of the molecule is OC1NCCN1CCNc1nccc(-c2[nH]c(C3CC3)nc2-c2cc(Cl)ccc2Cl)n1. The second-order valence-electron chi connectivity index (χ2n) is 7.80. The minimum absolute atomic E-state index is 0.449. The highest BCUT2D eigenvalue weighted by molar-refractivity contribution is 6.35. The van der Waals surface area contributed by atoms with E-state index in [9.17, 15) is 5.11 Å². The standard InChI is InChI=1S/C21H23Cl2N7O/c22-13-3-4-15(23)14(11-13)17-18(29-19(28-17)12-1-2-12)16-5-6-24-20(27-16)25-7-9-30-10-8-26-21(30)31/h3-6,11-12,21,26,31H,1-2,7-10H2,(H,28,29)(H,24,25,27). The molecule has 1 saturated carbocycles. The van der Waals surface area contributed by atoms with Crippen LogP contribution in [0.15, 0.2) is 30.5 Å². The van der Waals surface area contributed by atoms with Crippen LogP contribution in [0.2, 0.25) is 10.0 Å². The summed E-state index contributed by atoms with van der Waals surface area (Å²) in [6.45, 7) is 2.89. The van der Waals surface area contributed by atoms with E-state index in [-0.39, 0.29) is 0 Å². The van der Waals surface area contributed by atoms with Crippen molar-refractivity contribution in [1.29, 1.82) is 0 Å². The molecule has 0 amide bonds. The number of nitrogens with one attached hydrogen (secondary N) is 3. The Balaban J connectivity index is 1.42. The van der Waals surface area contributed by atoms with E-state index in [0.717, 1.165) is 54.4 Å². The van der Waals surface area contributed by atoms with E-state index < -0.39 is 6.35 Å². The van der Waals surface area contributed by atoms with Crippen LogP contribution in [0.1, 0.15) is 24.6 Å². The van der Waals surface area contributed by atoms with E-state index in [1.807, 2.05) is 17.0 Å². The van der Waals surface area contributed by atoms with Crippen LogP contribution in [-0.2, 0) is 0 Å². The zero-order valence-corrected chi connectivity index (χ0v) is 18.3. The zero-order valence-electron chi connectivity index (χ0n) is 16.8. The molecule has 1 aliphatic heterocycles. The molecule has 3 heterocycles. The predicted molar refractivity (Wildman–Crippen MR) is 121 cm³/mol. The normalized spacial score (nSPS) is 19.1. The summed E-state index contributed by atoms with van der Waals surface area (Å²) < 4.78 is 0. The third-order valence-electron chi connectivity index (χ3n) is 5.54. The molecular weight excluding hydrogens is 437 g/mol. The van der Waals surface area contributed by atoms with Gasteiger partial charge in [0.25, 0.3) is 0 Å². The summed E-state index contributed by atoms with van der Waals surface area (Å²) in [5, 5.41) is 17.3. The monoisotopic (exact) mass is 459 g/mol. The summed E-state index contributed by atoms with van der Waals surface area (Å²) in [5.41, 5.74) is 3.04. The molecular formula is C21H23Cl2N7O. The van der Waals surface area contributed by atoms with Crippen molar-refractivity contribution in [1.82, 2.24) is 30.2 Å². The molecule has 1 aromatic carbocycles. The molecule has 162 valence electrons. The first-order valence-corrected chi connectivity index (χ1v) is 11.1. The van der Waals surface area contributed by atoms with Gasteiger partial charge in [0.05, 0.1) is 22.1 Å². The van der Waals surface area contributed by atoms with Crippen molar-refractivity contribution in [2.45, 2.75) is 25.1 Å². The summed E-state index contributed by atoms with van der Waals surface area (Å²) in [4.78, 5) is 19.3. The first-order chi connectivity index (χ1) is 15.1. The molecule has 10 heteroatoms. The second-order valence-corrected chi connectivity index (χ2v) is 8.64. The number of aromatic amines is 1. The molecule has 1 aliphatic carbocycles. The molecule has 5 rings (SSSR count). The van der Waals surface area contributed by atoms with Crippen LogP contribution in [-0.4, -0.2) is 62.5 Å². The summed E-state index contributed by atoms with van der Waals surface area (Å²) >= 11 is 12.7. The summed E-state index contributed by atoms with van der Waals surface area (Å²) in [5.74, 6) is 1.92. The van der Waals surface area contributed by atoms with Crippen LogP contribution in [0, 0.1) is 0 Å². The van der Waals surface area contributed by atoms with Gasteiger partial charge in [0.2, 0.25) is 5.95 Å². The summed E-state index contributed by atoms with van der Waals surface area (Å²) in [6, 6.07) is 7.23. The summed E-state index contributed by atoms with van der Waals surface area (Å²) in [7, 11) is 0. The Morgan fingerprint density at radius 3 is 2.84 bits per heavy atom. The molecule has 0 radical (unpaired) electrons. The lowest BCUT2D eigenvalue weighted by Crippen LogP contribution is -2.38. The van der Waals surface area contributed by atoms with Gasteiger partial charge < -0.3 is 15.4 Å². The third-order valence-corrected chi connectivity index (χ3v) is 6.10. The molecule has 1 unspecified atom stereocenters. The molecule has 4 N–H and O–H groups in total. The van der Waals surface area contributed by atoms with E-state index in [1.165, 1.54) is 0 Å². The average molecular weight is 460 g/mol. The van der Waals surface area contributed by atoms with Gasteiger partial charge in [-0.2, -0.15) is 0 Å². The van der Waals surface area contributed by atoms with Crippen LogP contribution in [0.4, 0.5) is 5.95 Å². The van der Waals surface area contributed by atoms with Crippen LogP contribution < -0.4 is 10.6 Å². The molecule has 2 aromatic heterocycles.